The third-order valence-electron chi connectivity index (χ3n) is 2.42. The molecule has 3 heteroatoms. The molecule has 16 heavy (non-hydrogen) atoms. The highest BCUT2D eigenvalue weighted by atomic mass is 31.2. The maximum atomic E-state index is 12.4. The van der Waals surface area contributed by atoms with Crippen molar-refractivity contribution < 1.29 is 9.09 Å². The Morgan fingerprint density at radius 1 is 1.06 bits per heavy atom. The molecule has 0 radical (unpaired) electrons. The molecule has 2 nitrogen and oxygen atoms in total. The largest absolute Gasteiger partial charge is 0.443 e. The fraction of sp³-hybridized carbons (Fsp3) is 0.538. The lowest BCUT2D eigenvalue weighted by Gasteiger charge is -2.18. The summed E-state index contributed by atoms with van der Waals surface area (Å²) in [6.07, 6.45) is 3.16. The Morgan fingerprint density at radius 3 is 2.00 bits per heavy atom. The molecule has 0 spiro atoms. The molecule has 0 aliphatic heterocycles. The normalized spacial score (nSPS) is 11.4. The van der Waals surface area contributed by atoms with E-state index in [0.717, 1.165) is 18.6 Å². The van der Waals surface area contributed by atoms with Gasteiger partial charge in [0.1, 0.15) is 5.75 Å². The van der Waals surface area contributed by atoms with Crippen LogP contribution in [0.1, 0.15) is 32.3 Å². The summed E-state index contributed by atoms with van der Waals surface area (Å²) in [7, 11) is -2.46. The van der Waals surface area contributed by atoms with Crippen LogP contribution < -0.4 is 4.52 Å². The lowest BCUT2D eigenvalue weighted by Crippen LogP contribution is -2.01. The van der Waals surface area contributed by atoms with Gasteiger partial charge in [-0.15, -0.1) is 0 Å². The standard InChI is InChI=1S/C13H21O2P/c1-4-10-16(14,11-5-2)15-13-8-6-12(3)7-9-13/h6-9H,4-5,10-11H2,1-3H3. The highest BCUT2D eigenvalue weighted by Gasteiger charge is 2.21. The number of hydrogen-bond donors (Lipinski definition) is 0. The molecule has 0 saturated heterocycles. The molecule has 0 amide bonds. The molecular weight excluding hydrogens is 219 g/mol. The zero-order valence-electron chi connectivity index (χ0n) is 10.4. The minimum absolute atomic E-state index is 0.675. The van der Waals surface area contributed by atoms with Crippen LogP contribution >= 0.6 is 7.37 Å². The molecule has 0 atom stereocenters. The second kappa shape index (κ2) is 6.10. The quantitative estimate of drug-likeness (QED) is 0.685. The van der Waals surface area contributed by atoms with E-state index in [2.05, 4.69) is 0 Å². The van der Waals surface area contributed by atoms with E-state index in [9.17, 15) is 4.57 Å². The SMILES string of the molecule is CCCP(=O)(CCC)Oc1ccc(C)cc1. The van der Waals surface area contributed by atoms with E-state index >= 15 is 0 Å². The van der Waals surface area contributed by atoms with Gasteiger partial charge in [0.2, 0.25) is 7.37 Å². The second-order valence-corrected chi connectivity index (χ2v) is 6.87. The minimum Gasteiger partial charge on any atom is -0.443 e. The first-order valence-corrected chi connectivity index (χ1v) is 7.93. The highest BCUT2D eigenvalue weighted by molar-refractivity contribution is 7.59. The molecule has 0 bridgehead atoms. The van der Waals surface area contributed by atoms with E-state index in [4.69, 9.17) is 4.52 Å². The van der Waals surface area contributed by atoms with Crippen LogP contribution in [0, 0.1) is 6.92 Å². The van der Waals surface area contributed by atoms with Gasteiger partial charge < -0.3 is 4.52 Å². The Kier molecular flexibility index (Phi) is 5.08. The van der Waals surface area contributed by atoms with E-state index in [0.29, 0.717) is 12.3 Å². The second-order valence-electron chi connectivity index (χ2n) is 4.17. The summed E-state index contributed by atoms with van der Waals surface area (Å²) < 4.78 is 18.1. The first kappa shape index (κ1) is 13.3. The van der Waals surface area contributed by atoms with Crippen LogP contribution in [-0.4, -0.2) is 12.3 Å². The van der Waals surface area contributed by atoms with Gasteiger partial charge in [-0.1, -0.05) is 31.5 Å². The molecule has 1 rings (SSSR count). The molecule has 0 unspecified atom stereocenters. The van der Waals surface area contributed by atoms with Crippen molar-refractivity contribution in [1.29, 1.82) is 0 Å². The van der Waals surface area contributed by atoms with Crippen molar-refractivity contribution in [1.82, 2.24) is 0 Å². The zero-order chi connectivity index (χ0) is 12.0. The Morgan fingerprint density at radius 2 is 1.56 bits per heavy atom. The number of benzene rings is 1. The molecular formula is C13H21O2P. The number of rotatable bonds is 6. The van der Waals surface area contributed by atoms with Gasteiger partial charge in [-0.2, -0.15) is 0 Å². The topological polar surface area (TPSA) is 26.3 Å². The smallest absolute Gasteiger partial charge is 0.247 e. The molecule has 1 aromatic carbocycles. The van der Waals surface area contributed by atoms with Crippen LogP contribution in [0.4, 0.5) is 0 Å². The predicted molar refractivity (Wildman–Crippen MR) is 69.7 cm³/mol. The Bertz CT molecular complexity index is 347. The fourth-order valence-corrected chi connectivity index (χ4v) is 3.95. The van der Waals surface area contributed by atoms with Crippen LogP contribution in [0.25, 0.3) is 0 Å². The summed E-state index contributed by atoms with van der Waals surface area (Å²) in [4.78, 5) is 0. The van der Waals surface area contributed by atoms with Gasteiger partial charge in [-0.05, 0) is 31.9 Å². The molecule has 1 aromatic rings. The first-order valence-electron chi connectivity index (χ1n) is 5.94. The zero-order valence-corrected chi connectivity index (χ0v) is 11.3. The predicted octanol–water partition coefficient (Wildman–Crippen LogP) is 4.47. The number of aryl methyl sites for hydroxylation is 1. The van der Waals surface area contributed by atoms with Crippen molar-refractivity contribution in [3.05, 3.63) is 29.8 Å². The first-order chi connectivity index (χ1) is 7.59. The van der Waals surface area contributed by atoms with Crippen LogP contribution in [-0.2, 0) is 4.57 Å². The van der Waals surface area contributed by atoms with Gasteiger partial charge in [0.25, 0.3) is 0 Å². The Labute approximate surface area is 98.5 Å². The van der Waals surface area contributed by atoms with Crippen LogP contribution in [0.15, 0.2) is 24.3 Å². The summed E-state index contributed by atoms with van der Waals surface area (Å²) in [5.74, 6) is 0.732. The van der Waals surface area contributed by atoms with Crippen molar-refractivity contribution in [2.75, 3.05) is 12.3 Å². The molecule has 0 saturated carbocycles. The van der Waals surface area contributed by atoms with Gasteiger partial charge in [0.15, 0.2) is 0 Å². The maximum Gasteiger partial charge on any atom is 0.247 e. The molecule has 0 fully saturated rings. The van der Waals surface area contributed by atoms with Crippen LogP contribution in [0.5, 0.6) is 5.75 Å². The fourth-order valence-electron chi connectivity index (χ4n) is 1.68. The lowest BCUT2D eigenvalue weighted by molar-refractivity contribution is 0.479. The number of hydrogen-bond acceptors (Lipinski definition) is 2. The van der Waals surface area contributed by atoms with E-state index in [1.54, 1.807) is 0 Å². The van der Waals surface area contributed by atoms with E-state index in [1.807, 2.05) is 45.0 Å². The van der Waals surface area contributed by atoms with Gasteiger partial charge in [-0.25, -0.2) is 0 Å². The van der Waals surface area contributed by atoms with E-state index in [1.165, 1.54) is 5.56 Å². The van der Waals surface area contributed by atoms with E-state index < -0.39 is 7.37 Å². The summed E-state index contributed by atoms with van der Waals surface area (Å²) >= 11 is 0. The Balaban J connectivity index is 2.75. The van der Waals surface area contributed by atoms with Crippen molar-refractivity contribution in [3.63, 3.8) is 0 Å². The molecule has 0 aliphatic rings. The van der Waals surface area contributed by atoms with Gasteiger partial charge in [-0.3, -0.25) is 4.57 Å². The lowest BCUT2D eigenvalue weighted by atomic mass is 10.2. The van der Waals surface area contributed by atoms with Crippen molar-refractivity contribution in [2.45, 2.75) is 33.6 Å². The van der Waals surface area contributed by atoms with Gasteiger partial charge >= 0.3 is 0 Å². The minimum atomic E-state index is -2.46. The summed E-state index contributed by atoms with van der Waals surface area (Å²) in [5, 5.41) is 0. The molecule has 90 valence electrons. The van der Waals surface area contributed by atoms with Crippen LogP contribution in [0.3, 0.4) is 0 Å². The monoisotopic (exact) mass is 240 g/mol. The van der Waals surface area contributed by atoms with Crippen LogP contribution in [0.2, 0.25) is 0 Å². The average Bonchev–Trinajstić information content (AvgIpc) is 2.22. The van der Waals surface area contributed by atoms with Crippen molar-refractivity contribution in [2.24, 2.45) is 0 Å². The Hall–Kier alpha value is -0.750. The molecule has 0 heterocycles. The highest BCUT2D eigenvalue weighted by Crippen LogP contribution is 2.48. The summed E-state index contributed by atoms with van der Waals surface area (Å²) in [6, 6.07) is 7.76. The molecule has 0 aromatic heterocycles. The third-order valence-corrected chi connectivity index (χ3v) is 5.22. The van der Waals surface area contributed by atoms with E-state index in [-0.39, 0.29) is 0 Å². The maximum absolute atomic E-state index is 12.4. The van der Waals surface area contributed by atoms with Gasteiger partial charge in [0, 0.05) is 12.3 Å². The van der Waals surface area contributed by atoms with Crippen molar-refractivity contribution in [3.8, 4) is 5.75 Å². The summed E-state index contributed by atoms with van der Waals surface area (Å²) in [6.45, 7) is 6.11. The van der Waals surface area contributed by atoms with Gasteiger partial charge in [0.05, 0.1) is 0 Å². The molecule has 0 aliphatic carbocycles. The summed E-state index contributed by atoms with van der Waals surface area (Å²) in [5.41, 5.74) is 1.19. The average molecular weight is 240 g/mol. The van der Waals surface area contributed by atoms with Crippen molar-refractivity contribution >= 4 is 7.37 Å². The third kappa shape index (κ3) is 4.02. The molecule has 0 N–H and O–H groups in total.